The van der Waals surface area contributed by atoms with Gasteiger partial charge in [-0.1, -0.05) is 42.5 Å². The summed E-state index contributed by atoms with van der Waals surface area (Å²) in [6, 6.07) is 14.6. The van der Waals surface area contributed by atoms with Gasteiger partial charge >= 0.3 is 0 Å². The number of benzene rings is 2. The Morgan fingerprint density at radius 1 is 1.10 bits per heavy atom. The Morgan fingerprint density at radius 2 is 1.85 bits per heavy atom. The van der Waals surface area contributed by atoms with Crippen molar-refractivity contribution in [2.75, 3.05) is 13.2 Å². The van der Waals surface area contributed by atoms with E-state index in [9.17, 15) is 5.11 Å². The van der Waals surface area contributed by atoms with E-state index in [0.29, 0.717) is 13.2 Å². The molecule has 0 spiro atoms. The minimum absolute atomic E-state index is 0.155. The lowest BCUT2D eigenvalue weighted by Crippen LogP contribution is -2.31. The number of hydrogen-bond acceptors (Lipinski definition) is 3. The van der Waals surface area contributed by atoms with Crippen LogP contribution in [0.5, 0.6) is 0 Å². The van der Waals surface area contributed by atoms with Crippen molar-refractivity contribution in [1.82, 2.24) is 5.32 Å². The van der Waals surface area contributed by atoms with Gasteiger partial charge in [-0.2, -0.15) is 0 Å². The molecule has 2 aromatic rings. The second kappa shape index (κ2) is 7.39. The monoisotopic (exact) mass is 273 g/mol. The summed E-state index contributed by atoms with van der Waals surface area (Å²) in [6.07, 6.45) is -0.310. The molecule has 2 aromatic carbocycles. The largest absolute Gasteiger partial charge is 0.389 e. The third kappa shape index (κ3) is 4.30. The summed E-state index contributed by atoms with van der Waals surface area (Å²) in [5.41, 5.74) is 1.25. The normalized spacial score (nSPS) is 13.0. The van der Waals surface area contributed by atoms with E-state index in [-0.39, 0.29) is 6.10 Å². The first-order valence-corrected chi connectivity index (χ1v) is 7.14. The number of ether oxygens (including phenoxy) is 1. The minimum Gasteiger partial charge on any atom is -0.389 e. The molecule has 0 aromatic heterocycles. The van der Waals surface area contributed by atoms with Gasteiger partial charge in [0.25, 0.3) is 0 Å². The molecular weight excluding hydrogens is 250 g/mol. The van der Waals surface area contributed by atoms with Gasteiger partial charge in [0.1, 0.15) is 0 Å². The summed E-state index contributed by atoms with van der Waals surface area (Å²) in [7, 11) is 0. The number of rotatable bonds is 7. The molecule has 0 heterocycles. The van der Waals surface area contributed by atoms with Crippen LogP contribution in [0.2, 0.25) is 0 Å². The van der Waals surface area contributed by atoms with Gasteiger partial charge in [-0.15, -0.1) is 0 Å². The first kappa shape index (κ1) is 15.0. The van der Waals surface area contributed by atoms with E-state index in [1.54, 1.807) is 0 Å². The molecule has 0 saturated carbocycles. The Bertz CT molecular complexity index is 534. The van der Waals surface area contributed by atoms with Gasteiger partial charge < -0.3 is 15.2 Å². The quantitative estimate of drug-likeness (QED) is 0.815. The van der Waals surface area contributed by atoms with Crippen molar-refractivity contribution in [2.24, 2.45) is 0 Å². The van der Waals surface area contributed by atoms with Crippen LogP contribution in [0.4, 0.5) is 0 Å². The third-order valence-corrected chi connectivity index (χ3v) is 3.20. The van der Waals surface area contributed by atoms with Crippen LogP contribution >= 0.6 is 0 Å². The molecule has 3 nitrogen and oxygen atoms in total. The zero-order chi connectivity index (χ0) is 14.4. The predicted molar refractivity (Wildman–Crippen MR) is 82.7 cm³/mol. The van der Waals surface area contributed by atoms with Gasteiger partial charge in [-0.3, -0.25) is 0 Å². The van der Waals surface area contributed by atoms with E-state index in [2.05, 4.69) is 41.7 Å². The zero-order valence-electron chi connectivity index (χ0n) is 12.2. The summed E-state index contributed by atoms with van der Waals surface area (Å²) < 4.78 is 5.39. The highest BCUT2D eigenvalue weighted by Crippen LogP contribution is 2.18. The first-order valence-electron chi connectivity index (χ1n) is 7.14. The molecule has 2 rings (SSSR count). The number of fused-ring (bicyclic) bond motifs is 1. The Labute approximate surface area is 120 Å². The van der Waals surface area contributed by atoms with Crippen LogP contribution in [0, 0.1) is 0 Å². The van der Waals surface area contributed by atoms with Crippen molar-refractivity contribution in [3.8, 4) is 0 Å². The number of aliphatic hydroxyl groups is 1. The van der Waals surface area contributed by atoms with Gasteiger partial charge in [0.2, 0.25) is 0 Å². The SMILES string of the molecule is CC(C)OCC(O)CNCc1cccc2ccccc12. The third-order valence-electron chi connectivity index (χ3n) is 3.20. The van der Waals surface area contributed by atoms with E-state index < -0.39 is 6.10 Å². The average Bonchev–Trinajstić information content (AvgIpc) is 2.45. The molecule has 0 fully saturated rings. The molecule has 1 unspecified atom stereocenters. The van der Waals surface area contributed by atoms with Gasteiger partial charge in [-0.25, -0.2) is 0 Å². The van der Waals surface area contributed by atoms with Gasteiger partial charge in [0.15, 0.2) is 0 Å². The average molecular weight is 273 g/mol. The summed E-state index contributed by atoms with van der Waals surface area (Å²) in [5.74, 6) is 0. The maximum absolute atomic E-state index is 9.80. The Morgan fingerprint density at radius 3 is 2.65 bits per heavy atom. The summed E-state index contributed by atoms with van der Waals surface area (Å²) in [6.45, 7) is 5.60. The number of nitrogens with one attached hydrogen (secondary N) is 1. The van der Waals surface area contributed by atoms with Crippen molar-refractivity contribution in [2.45, 2.75) is 32.6 Å². The van der Waals surface area contributed by atoms with Crippen LogP contribution < -0.4 is 5.32 Å². The van der Waals surface area contributed by atoms with Crippen molar-refractivity contribution in [3.63, 3.8) is 0 Å². The zero-order valence-corrected chi connectivity index (χ0v) is 12.2. The number of hydrogen-bond donors (Lipinski definition) is 2. The van der Waals surface area contributed by atoms with E-state index in [4.69, 9.17) is 4.74 Å². The van der Waals surface area contributed by atoms with Crippen LogP contribution in [0.3, 0.4) is 0 Å². The maximum atomic E-state index is 9.80. The molecule has 0 saturated heterocycles. The second-order valence-electron chi connectivity index (χ2n) is 5.31. The lowest BCUT2D eigenvalue weighted by molar-refractivity contribution is 0.00631. The van der Waals surface area contributed by atoms with Gasteiger partial charge in [-0.05, 0) is 30.2 Å². The molecule has 20 heavy (non-hydrogen) atoms. The molecule has 3 heteroatoms. The van der Waals surface area contributed by atoms with Gasteiger partial charge in [0.05, 0.1) is 18.8 Å². The molecule has 108 valence electrons. The fourth-order valence-electron chi connectivity index (χ4n) is 2.18. The Kier molecular flexibility index (Phi) is 5.53. The molecule has 1 atom stereocenters. The molecule has 0 radical (unpaired) electrons. The van der Waals surface area contributed by atoms with Crippen molar-refractivity contribution >= 4 is 10.8 Å². The Hall–Kier alpha value is -1.42. The molecule has 0 aliphatic carbocycles. The fourth-order valence-corrected chi connectivity index (χ4v) is 2.18. The number of aliphatic hydroxyl groups excluding tert-OH is 1. The molecule has 0 aliphatic rings. The van der Waals surface area contributed by atoms with Crippen LogP contribution in [-0.4, -0.2) is 30.5 Å². The minimum atomic E-state index is -0.465. The Balaban J connectivity index is 1.87. The van der Waals surface area contributed by atoms with Crippen LogP contribution in [-0.2, 0) is 11.3 Å². The summed E-state index contributed by atoms with van der Waals surface area (Å²) in [5, 5.41) is 15.6. The van der Waals surface area contributed by atoms with Crippen molar-refractivity contribution < 1.29 is 9.84 Å². The van der Waals surface area contributed by atoms with E-state index in [1.807, 2.05) is 19.9 Å². The van der Waals surface area contributed by atoms with Crippen LogP contribution in [0.1, 0.15) is 19.4 Å². The van der Waals surface area contributed by atoms with E-state index in [1.165, 1.54) is 16.3 Å². The summed E-state index contributed by atoms with van der Waals surface area (Å²) >= 11 is 0. The highest BCUT2D eigenvalue weighted by atomic mass is 16.5. The highest BCUT2D eigenvalue weighted by Gasteiger charge is 2.06. The first-order chi connectivity index (χ1) is 9.66. The van der Waals surface area contributed by atoms with Crippen LogP contribution in [0.15, 0.2) is 42.5 Å². The fraction of sp³-hybridized carbons (Fsp3) is 0.412. The standard InChI is InChI=1S/C17H23NO2/c1-13(2)20-12-16(19)11-18-10-15-8-5-7-14-6-3-4-9-17(14)15/h3-9,13,16,18-19H,10-12H2,1-2H3. The van der Waals surface area contributed by atoms with Crippen LogP contribution in [0.25, 0.3) is 10.8 Å². The van der Waals surface area contributed by atoms with Crippen molar-refractivity contribution in [1.29, 1.82) is 0 Å². The maximum Gasteiger partial charge on any atom is 0.0897 e. The molecule has 0 aliphatic heterocycles. The summed E-state index contributed by atoms with van der Waals surface area (Å²) in [4.78, 5) is 0. The molecule has 0 bridgehead atoms. The second-order valence-corrected chi connectivity index (χ2v) is 5.31. The van der Waals surface area contributed by atoms with Crippen molar-refractivity contribution in [3.05, 3.63) is 48.0 Å². The predicted octanol–water partition coefficient (Wildman–Crippen LogP) is 2.72. The lowest BCUT2D eigenvalue weighted by Gasteiger charge is -2.14. The molecule has 0 amide bonds. The smallest absolute Gasteiger partial charge is 0.0897 e. The lowest BCUT2D eigenvalue weighted by atomic mass is 10.0. The van der Waals surface area contributed by atoms with E-state index in [0.717, 1.165) is 6.54 Å². The molecule has 2 N–H and O–H groups in total. The van der Waals surface area contributed by atoms with E-state index >= 15 is 0 Å². The van der Waals surface area contributed by atoms with Gasteiger partial charge in [0, 0.05) is 13.1 Å². The highest BCUT2D eigenvalue weighted by molar-refractivity contribution is 5.85. The topological polar surface area (TPSA) is 41.5 Å². The molecular formula is C17H23NO2.